The number of benzene rings is 1. The lowest BCUT2D eigenvalue weighted by Crippen LogP contribution is -2.50. The van der Waals surface area contributed by atoms with Gasteiger partial charge in [0.2, 0.25) is 11.8 Å². The fraction of sp³-hybridized carbons (Fsp3) is 0.579. The molecule has 1 aromatic carbocycles. The van der Waals surface area contributed by atoms with Crippen LogP contribution in [-0.2, 0) is 16.1 Å². The van der Waals surface area contributed by atoms with Gasteiger partial charge < -0.3 is 9.80 Å². The highest BCUT2D eigenvalue weighted by molar-refractivity contribution is 5.87. The van der Waals surface area contributed by atoms with Crippen molar-refractivity contribution in [1.29, 1.82) is 0 Å². The molecule has 0 N–H and O–H groups in total. The lowest BCUT2D eigenvalue weighted by Gasteiger charge is -2.39. The average molecular weight is 348 g/mol. The van der Waals surface area contributed by atoms with Crippen molar-refractivity contribution in [2.75, 3.05) is 19.6 Å². The molecule has 0 aromatic heterocycles. The quantitative estimate of drug-likeness (QED) is 0.843. The predicted molar refractivity (Wildman–Crippen MR) is 87.4 cm³/mol. The van der Waals surface area contributed by atoms with Gasteiger partial charge >= 0.3 is 0 Å². The van der Waals surface area contributed by atoms with Gasteiger partial charge in [-0.1, -0.05) is 12.1 Å². The van der Waals surface area contributed by atoms with Crippen LogP contribution in [0.25, 0.3) is 0 Å². The monoisotopic (exact) mass is 348 g/mol. The molecule has 1 aromatic rings. The molecule has 2 aliphatic heterocycles. The zero-order valence-electron chi connectivity index (χ0n) is 14.1. The van der Waals surface area contributed by atoms with Crippen LogP contribution >= 0.6 is 0 Å². The summed E-state index contributed by atoms with van der Waals surface area (Å²) in [5.74, 6) is -1.46. The van der Waals surface area contributed by atoms with Gasteiger partial charge in [-0.3, -0.25) is 9.59 Å². The van der Waals surface area contributed by atoms with Crippen LogP contribution in [0.2, 0.25) is 0 Å². The van der Waals surface area contributed by atoms with Crippen LogP contribution in [0.4, 0.5) is 8.78 Å². The summed E-state index contributed by atoms with van der Waals surface area (Å²) in [5.41, 5.74) is -0.332. The molecule has 1 spiro atoms. The van der Waals surface area contributed by atoms with Crippen LogP contribution < -0.4 is 0 Å². The summed E-state index contributed by atoms with van der Waals surface area (Å²) < 4.78 is 27.4. The van der Waals surface area contributed by atoms with E-state index in [1.165, 1.54) is 12.1 Å². The third-order valence-corrected chi connectivity index (χ3v) is 5.81. The summed E-state index contributed by atoms with van der Waals surface area (Å²) in [4.78, 5) is 28.8. The first kappa shape index (κ1) is 16.5. The minimum absolute atomic E-state index is 0.0199. The van der Waals surface area contributed by atoms with Crippen molar-refractivity contribution in [3.05, 3.63) is 35.4 Å². The van der Waals surface area contributed by atoms with Crippen molar-refractivity contribution in [1.82, 2.24) is 9.80 Å². The predicted octanol–water partition coefficient (Wildman–Crippen LogP) is 2.72. The van der Waals surface area contributed by atoms with Crippen molar-refractivity contribution >= 4 is 11.8 Å². The zero-order chi connectivity index (χ0) is 17.6. The highest BCUT2D eigenvalue weighted by atomic mass is 19.2. The Hall–Kier alpha value is -1.98. The Morgan fingerprint density at radius 3 is 2.76 bits per heavy atom. The van der Waals surface area contributed by atoms with E-state index < -0.39 is 17.0 Å². The molecule has 2 saturated heterocycles. The van der Waals surface area contributed by atoms with E-state index in [0.717, 1.165) is 31.7 Å². The topological polar surface area (TPSA) is 40.6 Å². The van der Waals surface area contributed by atoms with E-state index in [0.29, 0.717) is 26.1 Å². The number of piperidine rings is 1. The van der Waals surface area contributed by atoms with E-state index in [-0.39, 0.29) is 29.8 Å². The number of nitrogens with zero attached hydrogens (tertiary/aromatic N) is 2. The van der Waals surface area contributed by atoms with Crippen molar-refractivity contribution in [2.45, 2.75) is 38.6 Å². The number of likely N-dealkylation sites (tertiary alicyclic amines) is 2. The molecule has 1 aliphatic carbocycles. The lowest BCUT2D eigenvalue weighted by molar-refractivity contribution is -0.147. The number of carbonyl (C=O) groups excluding carboxylic acids is 2. The van der Waals surface area contributed by atoms with Gasteiger partial charge in [0, 0.05) is 37.7 Å². The fourth-order valence-corrected chi connectivity index (χ4v) is 4.21. The number of carbonyl (C=O) groups is 2. The van der Waals surface area contributed by atoms with Crippen molar-refractivity contribution in [3.63, 3.8) is 0 Å². The zero-order valence-corrected chi connectivity index (χ0v) is 14.1. The third kappa shape index (κ3) is 2.92. The lowest BCUT2D eigenvalue weighted by atomic mass is 9.78. The number of halogens is 2. The molecule has 1 saturated carbocycles. The minimum atomic E-state index is -0.890. The second-order valence-electron chi connectivity index (χ2n) is 7.61. The molecule has 2 amide bonds. The Morgan fingerprint density at radius 2 is 2.00 bits per heavy atom. The van der Waals surface area contributed by atoms with Gasteiger partial charge in [0.25, 0.3) is 0 Å². The fourth-order valence-electron chi connectivity index (χ4n) is 4.21. The van der Waals surface area contributed by atoms with Gasteiger partial charge in [0.1, 0.15) is 0 Å². The molecule has 1 atom stereocenters. The van der Waals surface area contributed by atoms with Gasteiger partial charge in [-0.25, -0.2) is 8.78 Å². The molecule has 4 rings (SSSR count). The van der Waals surface area contributed by atoms with Gasteiger partial charge in [-0.2, -0.15) is 0 Å². The van der Waals surface area contributed by atoms with Gasteiger partial charge in [-0.15, -0.1) is 0 Å². The summed E-state index contributed by atoms with van der Waals surface area (Å²) in [5, 5.41) is 0. The van der Waals surface area contributed by atoms with E-state index in [2.05, 4.69) is 0 Å². The largest absolute Gasteiger partial charge is 0.341 e. The molecular weight excluding hydrogens is 326 g/mol. The highest BCUT2D eigenvalue weighted by Gasteiger charge is 2.50. The first-order valence-corrected chi connectivity index (χ1v) is 9.01. The first-order chi connectivity index (χ1) is 12.0. The van der Waals surface area contributed by atoms with Crippen LogP contribution in [-0.4, -0.2) is 41.2 Å². The smallest absolute Gasteiger partial charge is 0.230 e. The average Bonchev–Trinajstić information content (AvgIpc) is 3.36. The number of hydrogen-bond donors (Lipinski definition) is 0. The van der Waals surface area contributed by atoms with E-state index in [1.807, 2.05) is 4.90 Å². The molecule has 134 valence electrons. The second kappa shape index (κ2) is 6.07. The maximum Gasteiger partial charge on any atom is 0.230 e. The molecule has 1 unspecified atom stereocenters. The third-order valence-electron chi connectivity index (χ3n) is 5.81. The van der Waals surface area contributed by atoms with Crippen LogP contribution in [0.15, 0.2) is 18.2 Å². The Bertz CT molecular complexity index is 719. The van der Waals surface area contributed by atoms with E-state index in [9.17, 15) is 18.4 Å². The standard InChI is InChI=1S/C19H22F2N2O2/c20-15-4-1-3-14(16(15)21)11-22-9-2-7-19(18(22)25)8-10-23(12-19)17(24)13-5-6-13/h1,3-4,13H,2,5-12H2. The van der Waals surface area contributed by atoms with E-state index >= 15 is 0 Å². The Morgan fingerprint density at radius 1 is 1.20 bits per heavy atom. The van der Waals surface area contributed by atoms with Crippen molar-refractivity contribution in [3.8, 4) is 0 Å². The van der Waals surface area contributed by atoms with Gasteiger partial charge in [-0.05, 0) is 38.2 Å². The second-order valence-corrected chi connectivity index (χ2v) is 7.61. The summed E-state index contributed by atoms with van der Waals surface area (Å²) in [6, 6.07) is 4.06. The van der Waals surface area contributed by atoms with Crippen molar-refractivity contribution in [2.24, 2.45) is 11.3 Å². The maximum absolute atomic E-state index is 14.0. The van der Waals surface area contributed by atoms with E-state index in [4.69, 9.17) is 0 Å². The number of rotatable bonds is 3. The van der Waals surface area contributed by atoms with Gasteiger partial charge in [0.15, 0.2) is 11.6 Å². The Balaban J connectivity index is 1.49. The van der Waals surface area contributed by atoms with Crippen LogP contribution in [0.1, 0.15) is 37.7 Å². The first-order valence-electron chi connectivity index (χ1n) is 9.01. The molecule has 0 radical (unpaired) electrons. The number of amides is 2. The van der Waals surface area contributed by atoms with Crippen LogP contribution in [0.5, 0.6) is 0 Å². The van der Waals surface area contributed by atoms with E-state index in [1.54, 1.807) is 4.90 Å². The van der Waals surface area contributed by atoms with Crippen LogP contribution in [0.3, 0.4) is 0 Å². The summed E-state index contributed by atoms with van der Waals surface area (Å²) in [6.45, 7) is 1.74. The van der Waals surface area contributed by atoms with Gasteiger partial charge in [0.05, 0.1) is 5.41 Å². The summed E-state index contributed by atoms with van der Waals surface area (Å²) in [6.07, 6.45) is 4.19. The highest BCUT2D eigenvalue weighted by Crippen LogP contribution is 2.42. The maximum atomic E-state index is 14.0. The molecule has 3 fully saturated rings. The molecule has 3 aliphatic rings. The normalized spacial score (nSPS) is 26.6. The molecule has 25 heavy (non-hydrogen) atoms. The molecule has 6 heteroatoms. The van der Waals surface area contributed by atoms with Crippen LogP contribution in [0, 0.1) is 23.0 Å². The Labute approximate surface area is 145 Å². The van der Waals surface area contributed by atoms with Crippen molar-refractivity contribution < 1.29 is 18.4 Å². The molecular formula is C19H22F2N2O2. The molecule has 2 heterocycles. The summed E-state index contributed by atoms with van der Waals surface area (Å²) >= 11 is 0. The minimum Gasteiger partial charge on any atom is -0.341 e. The summed E-state index contributed by atoms with van der Waals surface area (Å²) in [7, 11) is 0. The molecule has 4 nitrogen and oxygen atoms in total. The SMILES string of the molecule is O=C(C1CC1)N1CCC2(CCCN(Cc3cccc(F)c3F)C2=O)C1. The Kier molecular flexibility index (Phi) is 4.01. The molecule has 0 bridgehead atoms. The number of hydrogen-bond acceptors (Lipinski definition) is 2.